The normalized spacial score (nSPS) is 15.0. The third kappa shape index (κ3) is 9.81. The zero-order valence-electron chi connectivity index (χ0n) is 19.0. The zero-order valence-corrected chi connectivity index (χ0v) is 25.0. The van der Waals surface area contributed by atoms with Gasteiger partial charge in [0.15, 0.2) is 9.95 Å². The Hall–Kier alpha value is -1.34. The maximum atomic E-state index is 8.90. The summed E-state index contributed by atoms with van der Waals surface area (Å²) >= 11 is 0. The molecule has 11 heteroatoms. The predicted molar refractivity (Wildman–Crippen MR) is 138 cm³/mol. The van der Waals surface area contributed by atoms with Gasteiger partial charge in [0.2, 0.25) is 10.8 Å². The molecular formula is C22H28Cl4N6Zn. The van der Waals surface area contributed by atoms with Gasteiger partial charge in [-0.05, 0) is 62.8 Å². The molecule has 0 unspecified atom stereocenters. The second-order valence-corrected chi connectivity index (χ2v) is 35.9. The SMILES string of the molecule is Cc1ccc(N2CCCC2)c([N+]#N)c1.Cc1ccc(N2CCCC2)c([N+]#N)c1.[Cl][Zn-2]([Cl])([Cl])[Cl]. The van der Waals surface area contributed by atoms with E-state index in [9.17, 15) is 0 Å². The summed E-state index contributed by atoms with van der Waals surface area (Å²) in [7, 11) is 16.8. The minimum atomic E-state index is -3.36. The molecule has 2 aromatic rings. The quantitative estimate of drug-likeness (QED) is 0.262. The fourth-order valence-electron chi connectivity index (χ4n) is 3.88. The van der Waals surface area contributed by atoms with Crippen molar-refractivity contribution in [3.05, 3.63) is 57.5 Å². The molecule has 0 amide bonds. The first-order valence-electron chi connectivity index (χ1n) is 11.1. The Morgan fingerprint density at radius 2 is 0.970 bits per heavy atom. The Labute approximate surface area is 215 Å². The van der Waals surface area contributed by atoms with E-state index in [1.54, 1.807) is 0 Å². The van der Waals surface area contributed by atoms with E-state index in [1.165, 1.54) is 25.7 Å². The number of nitrogens with zero attached hydrogens (tertiary/aromatic N) is 6. The van der Waals surface area contributed by atoms with Gasteiger partial charge in [-0.1, -0.05) is 12.1 Å². The molecule has 176 valence electrons. The topological polar surface area (TPSA) is 62.8 Å². The van der Waals surface area contributed by atoms with E-state index < -0.39 is 10.8 Å². The monoisotopic (exact) mass is 580 g/mol. The Kier molecular flexibility index (Phi) is 11.4. The van der Waals surface area contributed by atoms with Gasteiger partial charge in [-0.3, -0.25) is 0 Å². The van der Waals surface area contributed by atoms with E-state index in [2.05, 4.69) is 31.9 Å². The molecule has 2 aliphatic heterocycles. The first-order chi connectivity index (χ1) is 15.6. The van der Waals surface area contributed by atoms with Gasteiger partial charge in [0, 0.05) is 38.3 Å². The van der Waals surface area contributed by atoms with Crippen LogP contribution in [0.15, 0.2) is 36.4 Å². The number of benzene rings is 2. The molecule has 0 bridgehead atoms. The van der Waals surface area contributed by atoms with Crippen LogP contribution < -0.4 is 9.80 Å². The van der Waals surface area contributed by atoms with Gasteiger partial charge in [0.25, 0.3) is 0 Å². The van der Waals surface area contributed by atoms with Crippen LogP contribution in [0.1, 0.15) is 36.8 Å². The minimum absolute atomic E-state index is 0.687. The molecule has 2 heterocycles. The van der Waals surface area contributed by atoms with Crippen molar-refractivity contribution in [2.24, 2.45) is 0 Å². The van der Waals surface area contributed by atoms with Crippen molar-refractivity contribution in [3.8, 4) is 0 Å². The van der Waals surface area contributed by atoms with E-state index in [0.29, 0.717) is 11.4 Å². The van der Waals surface area contributed by atoms with Gasteiger partial charge in [0.1, 0.15) is 11.4 Å². The van der Waals surface area contributed by atoms with Crippen LogP contribution in [0.5, 0.6) is 0 Å². The van der Waals surface area contributed by atoms with E-state index in [0.717, 1.165) is 48.7 Å². The van der Waals surface area contributed by atoms with E-state index >= 15 is 0 Å². The molecule has 6 nitrogen and oxygen atoms in total. The number of hydrogen-bond donors (Lipinski definition) is 0. The molecule has 2 saturated heterocycles. The van der Waals surface area contributed by atoms with Crippen molar-refractivity contribution >= 4 is 61.5 Å². The van der Waals surface area contributed by atoms with Crippen LogP contribution in [-0.4, -0.2) is 26.2 Å². The zero-order chi connectivity index (χ0) is 24.4. The summed E-state index contributed by atoms with van der Waals surface area (Å²) in [5.41, 5.74) is 5.73. The molecule has 2 aliphatic rings. The summed E-state index contributed by atoms with van der Waals surface area (Å²) < 4.78 is 0. The summed E-state index contributed by atoms with van der Waals surface area (Å²) in [5.74, 6) is 0. The summed E-state index contributed by atoms with van der Waals surface area (Å²) in [6, 6.07) is 12.0. The molecule has 2 fully saturated rings. The number of anilines is 2. The summed E-state index contributed by atoms with van der Waals surface area (Å²) in [4.78, 5) is 11.2. The maximum absolute atomic E-state index is 8.90. The Bertz CT molecular complexity index is 922. The van der Waals surface area contributed by atoms with Gasteiger partial charge < -0.3 is 9.80 Å². The van der Waals surface area contributed by atoms with Gasteiger partial charge in [0.05, 0.1) is 0 Å². The number of hydrogen-bond acceptors (Lipinski definition) is 4. The van der Waals surface area contributed by atoms with E-state index in [-0.39, 0.29) is 0 Å². The second kappa shape index (κ2) is 13.5. The Morgan fingerprint density at radius 1 is 0.667 bits per heavy atom. The van der Waals surface area contributed by atoms with Crippen molar-refractivity contribution in [1.82, 2.24) is 0 Å². The molecule has 33 heavy (non-hydrogen) atoms. The number of halogens is 4. The first kappa shape index (κ1) is 27.9. The predicted octanol–water partition coefficient (Wildman–Crippen LogP) is 8.92. The van der Waals surface area contributed by atoms with Crippen molar-refractivity contribution in [3.63, 3.8) is 0 Å². The van der Waals surface area contributed by atoms with Crippen LogP contribution in [0.3, 0.4) is 0 Å². The molecule has 0 saturated carbocycles. The summed E-state index contributed by atoms with van der Waals surface area (Å²) in [6.07, 6.45) is 4.94. The van der Waals surface area contributed by atoms with Gasteiger partial charge in [-0.15, -0.1) is 0 Å². The van der Waals surface area contributed by atoms with Crippen LogP contribution in [0.2, 0.25) is 0 Å². The van der Waals surface area contributed by atoms with Crippen molar-refractivity contribution in [2.75, 3.05) is 36.0 Å². The van der Waals surface area contributed by atoms with Crippen LogP contribution in [0.25, 0.3) is 9.95 Å². The summed E-state index contributed by atoms with van der Waals surface area (Å²) in [5, 5.41) is 17.8. The van der Waals surface area contributed by atoms with Crippen molar-refractivity contribution in [1.29, 1.82) is 10.8 Å². The molecule has 0 aromatic heterocycles. The number of rotatable bonds is 2. The third-order valence-corrected chi connectivity index (χ3v) is 5.37. The van der Waals surface area contributed by atoms with Crippen LogP contribution in [0, 0.1) is 24.6 Å². The molecule has 4 rings (SSSR count). The fourth-order valence-corrected chi connectivity index (χ4v) is 3.88. The van der Waals surface area contributed by atoms with Crippen LogP contribution in [0.4, 0.5) is 22.7 Å². The number of aryl methyl sites for hydroxylation is 2. The van der Waals surface area contributed by atoms with Gasteiger partial charge >= 0.3 is 61.0 Å². The van der Waals surface area contributed by atoms with Gasteiger partial charge in [-0.2, -0.15) is 0 Å². The van der Waals surface area contributed by atoms with Crippen molar-refractivity contribution < 1.29 is 10.8 Å². The summed E-state index contributed by atoms with van der Waals surface area (Å²) in [6.45, 7) is 8.30. The van der Waals surface area contributed by atoms with Gasteiger partial charge in [-0.25, -0.2) is 0 Å². The fraction of sp³-hybridized carbons (Fsp3) is 0.455. The Balaban J connectivity index is 0.000000195. The van der Waals surface area contributed by atoms with E-state index in [1.807, 2.05) is 38.1 Å². The van der Waals surface area contributed by atoms with Crippen molar-refractivity contribution in [2.45, 2.75) is 39.5 Å². The second-order valence-electron chi connectivity index (χ2n) is 8.18. The molecular weight excluding hydrogens is 555 g/mol. The Morgan fingerprint density at radius 3 is 1.24 bits per heavy atom. The third-order valence-electron chi connectivity index (χ3n) is 5.37. The van der Waals surface area contributed by atoms with Crippen LogP contribution >= 0.6 is 38.8 Å². The molecule has 2 aromatic carbocycles. The molecule has 0 N–H and O–H groups in total. The molecule has 0 atom stereocenters. The molecule has 0 aliphatic carbocycles. The van der Waals surface area contributed by atoms with E-state index in [4.69, 9.17) is 49.5 Å². The average molecular weight is 584 g/mol. The first-order valence-corrected chi connectivity index (χ1v) is 26.7. The van der Waals surface area contributed by atoms with Crippen LogP contribution in [-0.2, 0) is 10.8 Å². The number of diazo groups is 2. The molecule has 0 spiro atoms. The standard InChI is InChI=1S/2C11H14N3.4ClH.Zn/c2*1-9-4-5-11(10(8-9)13-12)14-6-2-3-7-14;;;;;/h2*4-5,8H,2-3,6-7H2,1H3;4*1H;/q2*+1;;;;;+2/p-4. The average Bonchev–Trinajstić information content (AvgIpc) is 3.47. The molecule has 0 radical (unpaired) electrons.